The van der Waals surface area contributed by atoms with E-state index in [0.717, 1.165) is 10.4 Å². The maximum Gasteiger partial charge on any atom is 0.349 e. The highest BCUT2D eigenvalue weighted by Gasteiger charge is 2.23. The van der Waals surface area contributed by atoms with E-state index in [1.165, 1.54) is 35.3 Å². The first-order valence-electron chi connectivity index (χ1n) is 7.61. The van der Waals surface area contributed by atoms with Gasteiger partial charge in [0.25, 0.3) is 5.91 Å². The number of halogens is 1. The molecule has 0 N–H and O–H groups in total. The van der Waals surface area contributed by atoms with Crippen LogP contribution in [-0.4, -0.2) is 36.5 Å². The standard InChI is InChI=1S/C18H17FN2O3S/c1-12(17(22)21(2)11-3-10-20)24-18(23)16-9-8-15(25-16)13-4-6-14(19)7-5-13/h4-9,12H,3,11H2,1-2H3/t12-/m1/s1. The molecule has 0 radical (unpaired) electrons. The molecule has 0 spiro atoms. The van der Waals surface area contributed by atoms with Gasteiger partial charge in [-0.05, 0) is 36.8 Å². The van der Waals surface area contributed by atoms with Crippen molar-refractivity contribution < 1.29 is 18.7 Å². The van der Waals surface area contributed by atoms with E-state index in [0.29, 0.717) is 4.88 Å². The number of esters is 1. The van der Waals surface area contributed by atoms with Gasteiger partial charge in [0, 0.05) is 18.5 Å². The second-order valence-corrected chi connectivity index (χ2v) is 6.47. The topological polar surface area (TPSA) is 70.4 Å². The van der Waals surface area contributed by atoms with Crippen molar-refractivity contribution in [3.8, 4) is 16.5 Å². The van der Waals surface area contributed by atoms with Crippen LogP contribution in [0.3, 0.4) is 0 Å². The van der Waals surface area contributed by atoms with Crippen LogP contribution >= 0.6 is 11.3 Å². The molecule has 130 valence electrons. The molecule has 1 aromatic carbocycles. The number of nitrogens with zero attached hydrogens (tertiary/aromatic N) is 2. The zero-order valence-electron chi connectivity index (χ0n) is 13.9. The third-order valence-corrected chi connectivity index (χ3v) is 4.62. The molecular weight excluding hydrogens is 343 g/mol. The van der Waals surface area contributed by atoms with Crippen LogP contribution in [-0.2, 0) is 9.53 Å². The largest absolute Gasteiger partial charge is 0.448 e. The van der Waals surface area contributed by atoms with Crippen molar-refractivity contribution in [3.05, 3.63) is 47.1 Å². The lowest BCUT2D eigenvalue weighted by Crippen LogP contribution is -2.37. The average molecular weight is 360 g/mol. The maximum absolute atomic E-state index is 13.0. The number of thiophene rings is 1. The van der Waals surface area contributed by atoms with E-state index in [-0.39, 0.29) is 24.7 Å². The minimum atomic E-state index is -0.937. The molecule has 5 nitrogen and oxygen atoms in total. The van der Waals surface area contributed by atoms with E-state index in [2.05, 4.69) is 0 Å². The van der Waals surface area contributed by atoms with E-state index in [1.54, 1.807) is 31.3 Å². The van der Waals surface area contributed by atoms with Crippen LogP contribution in [0.1, 0.15) is 23.0 Å². The number of hydrogen-bond acceptors (Lipinski definition) is 5. The Morgan fingerprint density at radius 1 is 1.28 bits per heavy atom. The number of likely N-dealkylation sites (N-methyl/N-ethyl adjacent to an activating group) is 1. The molecule has 25 heavy (non-hydrogen) atoms. The molecule has 0 saturated heterocycles. The van der Waals surface area contributed by atoms with Gasteiger partial charge >= 0.3 is 5.97 Å². The summed E-state index contributed by atoms with van der Waals surface area (Å²) < 4.78 is 18.2. The van der Waals surface area contributed by atoms with Crippen LogP contribution in [0.25, 0.3) is 10.4 Å². The Bertz CT molecular complexity index is 795. The fraction of sp³-hybridized carbons (Fsp3) is 0.278. The summed E-state index contributed by atoms with van der Waals surface area (Å²) in [6, 6.07) is 11.3. The molecule has 7 heteroatoms. The van der Waals surface area contributed by atoms with E-state index in [1.807, 2.05) is 6.07 Å². The Hall–Kier alpha value is -2.72. The molecule has 0 aliphatic carbocycles. The van der Waals surface area contributed by atoms with Crippen molar-refractivity contribution in [1.82, 2.24) is 4.90 Å². The van der Waals surface area contributed by atoms with E-state index < -0.39 is 12.1 Å². The summed E-state index contributed by atoms with van der Waals surface area (Å²) in [7, 11) is 1.56. The molecule has 1 aromatic heterocycles. The second-order valence-electron chi connectivity index (χ2n) is 5.39. The Kier molecular flexibility index (Phi) is 6.25. The fourth-order valence-corrected chi connectivity index (χ4v) is 3.02. The molecule has 1 atom stereocenters. The summed E-state index contributed by atoms with van der Waals surface area (Å²) in [6.07, 6.45) is -0.720. The van der Waals surface area contributed by atoms with Crippen LogP contribution in [0.2, 0.25) is 0 Å². The Labute approximate surface area is 149 Å². The van der Waals surface area contributed by atoms with Crippen molar-refractivity contribution in [2.24, 2.45) is 0 Å². The first-order valence-corrected chi connectivity index (χ1v) is 8.42. The highest BCUT2D eigenvalue weighted by atomic mass is 32.1. The van der Waals surface area contributed by atoms with Crippen LogP contribution < -0.4 is 0 Å². The average Bonchev–Trinajstić information content (AvgIpc) is 3.09. The highest BCUT2D eigenvalue weighted by molar-refractivity contribution is 7.17. The van der Waals surface area contributed by atoms with Crippen molar-refractivity contribution in [2.75, 3.05) is 13.6 Å². The molecular formula is C18H17FN2O3S. The first kappa shape index (κ1) is 18.6. The van der Waals surface area contributed by atoms with Gasteiger partial charge in [-0.2, -0.15) is 5.26 Å². The molecule has 2 rings (SSSR count). The Morgan fingerprint density at radius 2 is 1.96 bits per heavy atom. The first-order chi connectivity index (χ1) is 11.9. The number of carbonyl (C=O) groups is 2. The third kappa shape index (κ3) is 4.88. The zero-order valence-corrected chi connectivity index (χ0v) is 14.7. The van der Waals surface area contributed by atoms with Gasteiger partial charge in [-0.3, -0.25) is 4.79 Å². The van der Waals surface area contributed by atoms with Gasteiger partial charge in [0.05, 0.1) is 12.5 Å². The molecule has 2 aromatic rings. The molecule has 0 aliphatic heterocycles. The van der Waals surface area contributed by atoms with Gasteiger partial charge in [-0.1, -0.05) is 12.1 Å². The number of amides is 1. The second kappa shape index (κ2) is 8.40. The molecule has 0 fully saturated rings. The molecule has 1 amide bonds. The molecule has 1 heterocycles. The lowest BCUT2D eigenvalue weighted by atomic mass is 10.2. The van der Waals surface area contributed by atoms with E-state index in [9.17, 15) is 14.0 Å². The highest BCUT2D eigenvalue weighted by Crippen LogP contribution is 2.28. The van der Waals surface area contributed by atoms with Crippen LogP contribution in [0.15, 0.2) is 36.4 Å². The van der Waals surface area contributed by atoms with Crippen molar-refractivity contribution in [3.63, 3.8) is 0 Å². The van der Waals surface area contributed by atoms with Crippen molar-refractivity contribution in [1.29, 1.82) is 5.26 Å². The number of nitriles is 1. The molecule has 0 unspecified atom stereocenters. The maximum atomic E-state index is 13.0. The summed E-state index contributed by atoms with van der Waals surface area (Å²) in [6.45, 7) is 1.78. The summed E-state index contributed by atoms with van der Waals surface area (Å²) in [5.74, 6) is -1.28. The number of carbonyl (C=O) groups excluding carboxylic acids is 2. The summed E-state index contributed by atoms with van der Waals surface area (Å²) in [5, 5.41) is 8.55. The van der Waals surface area contributed by atoms with Crippen molar-refractivity contribution in [2.45, 2.75) is 19.4 Å². The minimum absolute atomic E-state index is 0.217. The lowest BCUT2D eigenvalue weighted by molar-refractivity contribution is -0.138. The predicted octanol–water partition coefficient (Wildman–Crippen LogP) is 3.47. The van der Waals surface area contributed by atoms with E-state index >= 15 is 0 Å². The van der Waals surface area contributed by atoms with Gasteiger partial charge < -0.3 is 9.64 Å². The third-order valence-electron chi connectivity index (χ3n) is 3.50. The Balaban J connectivity index is 2.00. The van der Waals surface area contributed by atoms with Gasteiger partial charge in [-0.25, -0.2) is 9.18 Å². The SMILES string of the molecule is C[C@@H](OC(=O)c1ccc(-c2ccc(F)cc2)s1)C(=O)N(C)CCC#N. The Morgan fingerprint density at radius 3 is 2.60 bits per heavy atom. The number of rotatable bonds is 6. The summed E-state index contributed by atoms with van der Waals surface area (Å²) in [4.78, 5) is 26.8. The van der Waals surface area contributed by atoms with Gasteiger partial charge in [0.15, 0.2) is 6.10 Å². The molecule has 0 bridgehead atoms. The quantitative estimate of drug-likeness (QED) is 0.740. The van der Waals surface area contributed by atoms with Crippen molar-refractivity contribution >= 4 is 23.2 Å². The van der Waals surface area contributed by atoms with Crippen LogP contribution in [0.4, 0.5) is 4.39 Å². The molecule has 0 aliphatic rings. The van der Waals surface area contributed by atoms with E-state index in [4.69, 9.17) is 10.00 Å². The minimum Gasteiger partial charge on any atom is -0.448 e. The smallest absolute Gasteiger partial charge is 0.349 e. The number of ether oxygens (including phenoxy) is 1. The molecule has 0 saturated carbocycles. The normalized spacial score (nSPS) is 11.4. The summed E-state index contributed by atoms with van der Waals surface area (Å²) in [5.41, 5.74) is 0.797. The monoisotopic (exact) mass is 360 g/mol. The van der Waals surface area contributed by atoms with Gasteiger partial charge in [0.1, 0.15) is 10.7 Å². The number of hydrogen-bond donors (Lipinski definition) is 0. The van der Waals surface area contributed by atoms with Crippen LogP contribution in [0.5, 0.6) is 0 Å². The van der Waals surface area contributed by atoms with Gasteiger partial charge in [0.2, 0.25) is 0 Å². The zero-order chi connectivity index (χ0) is 18.4. The number of benzene rings is 1. The predicted molar refractivity (Wildman–Crippen MR) is 92.5 cm³/mol. The fourth-order valence-electron chi connectivity index (χ4n) is 2.12. The van der Waals surface area contributed by atoms with Gasteiger partial charge in [-0.15, -0.1) is 11.3 Å². The lowest BCUT2D eigenvalue weighted by Gasteiger charge is -2.20. The summed E-state index contributed by atoms with van der Waals surface area (Å²) >= 11 is 1.21. The van der Waals surface area contributed by atoms with Crippen LogP contribution in [0, 0.1) is 17.1 Å².